The Balaban J connectivity index is 1.64. The average Bonchev–Trinajstić information content (AvgIpc) is 2.92. The molecule has 2 aromatic rings. The molecule has 0 bridgehead atoms. The van der Waals surface area contributed by atoms with Gasteiger partial charge < -0.3 is 14.8 Å². The van der Waals surface area contributed by atoms with Crippen LogP contribution in [0.15, 0.2) is 47.5 Å². The number of anilines is 1. The average molecular weight is 375 g/mol. The van der Waals surface area contributed by atoms with Gasteiger partial charge in [-0.1, -0.05) is 6.07 Å². The molecule has 0 aliphatic carbocycles. The normalized spacial score (nSPS) is 16.0. The molecule has 0 spiro atoms. The number of hydrogen-bond acceptors (Lipinski definition) is 6. The van der Waals surface area contributed by atoms with Crippen molar-refractivity contribution in [3.8, 4) is 17.1 Å². The van der Waals surface area contributed by atoms with Crippen LogP contribution in [0.2, 0.25) is 0 Å². The highest BCUT2D eigenvalue weighted by atomic mass is 16.1. The van der Waals surface area contributed by atoms with Crippen molar-refractivity contribution in [2.75, 3.05) is 38.1 Å². The van der Waals surface area contributed by atoms with Gasteiger partial charge in [-0.05, 0) is 44.3 Å². The Morgan fingerprint density at radius 1 is 1.04 bits per heavy atom. The Labute approximate surface area is 161 Å². The molecule has 5 heterocycles. The number of fused-ring (bicyclic) bond motifs is 3. The number of aromatic amines is 1. The topological polar surface area (TPSA) is 82.9 Å². The molecule has 5 rings (SSSR count). The first-order chi connectivity index (χ1) is 13.7. The lowest BCUT2D eigenvalue weighted by Crippen LogP contribution is -2.29. The molecule has 1 N–H and O–H groups in total. The molecule has 0 aromatic carbocycles. The van der Waals surface area contributed by atoms with Crippen molar-refractivity contribution < 1.29 is 0 Å². The van der Waals surface area contributed by atoms with Crippen molar-refractivity contribution >= 4 is 16.9 Å². The quantitative estimate of drug-likeness (QED) is 0.575. The number of nitrogens with one attached hydrogen (secondary N) is 1. The molecule has 8 nitrogen and oxygen atoms in total. The number of likely N-dealkylation sites (N-methyl/N-ethyl adjacent to an activating group) is 1. The van der Waals surface area contributed by atoms with E-state index in [1.165, 1.54) is 4.68 Å². The van der Waals surface area contributed by atoms with Gasteiger partial charge in [0.25, 0.3) is 5.56 Å². The predicted octanol–water partition coefficient (Wildman–Crippen LogP) is 1.75. The van der Waals surface area contributed by atoms with Gasteiger partial charge in [-0.2, -0.15) is 9.78 Å². The van der Waals surface area contributed by atoms with Crippen LogP contribution in [0.1, 0.15) is 6.42 Å². The smallest absolute Gasteiger partial charge is 0.283 e. The van der Waals surface area contributed by atoms with E-state index in [9.17, 15) is 4.79 Å². The SMILES string of the molecule is CN1CCCN(c2ccc3[nH]cc4c(=O)n(-c5ccccn5)nc-4c3n2)CC1. The Hall–Kier alpha value is -3.26. The van der Waals surface area contributed by atoms with Crippen LogP contribution in [0.4, 0.5) is 5.82 Å². The minimum atomic E-state index is -0.199. The molecular weight excluding hydrogens is 354 g/mol. The number of nitrogens with zero attached hydrogens (tertiary/aromatic N) is 6. The Morgan fingerprint density at radius 2 is 1.96 bits per heavy atom. The van der Waals surface area contributed by atoms with E-state index in [2.05, 4.69) is 31.9 Å². The highest BCUT2D eigenvalue weighted by molar-refractivity contribution is 5.91. The third-order valence-electron chi connectivity index (χ3n) is 5.26. The summed E-state index contributed by atoms with van der Waals surface area (Å²) < 4.78 is 1.34. The van der Waals surface area contributed by atoms with Crippen LogP contribution in [-0.4, -0.2) is 62.9 Å². The van der Waals surface area contributed by atoms with E-state index in [1.54, 1.807) is 18.5 Å². The van der Waals surface area contributed by atoms with Crippen molar-refractivity contribution in [2.45, 2.75) is 6.42 Å². The van der Waals surface area contributed by atoms with Gasteiger partial charge in [0.05, 0.1) is 11.1 Å². The third kappa shape index (κ3) is 2.82. The predicted molar refractivity (Wildman–Crippen MR) is 108 cm³/mol. The van der Waals surface area contributed by atoms with Crippen LogP contribution in [0.5, 0.6) is 0 Å². The monoisotopic (exact) mass is 375 g/mol. The fraction of sp³-hybridized carbons (Fsp3) is 0.300. The molecule has 0 radical (unpaired) electrons. The van der Waals surface area contributed by atoms with Crippen molar-refractivity contribution in [1.29, 1.82) is 0 Å². The number of aromatic nitrogens is 5. The maximum atomic E-state index is 12.8. The lowest BCUT2D eigenvalue weighted by atomic mass is 10.2. The minimum absolute atomic E-state index is 0.199. The summed E-state index contributed by atoms with van der Waals surface area (Å²) in [5.74, 6) is 1.42. The number of H-pyrrole nitrogens is 1. The summed E-state index contributed by atoms with van der Waals surface area (Å²) in [4.78, 5) is 29.8. The van der Waals surface area contributed by atoms with Crippen LogP contribution < -0.4 is 10.5 Å². The Morgan fingerprint density at radius 3 is 2.82 bits per heavy atom. The van der Waals surface area contributed by atoms with Gasteiger partial charge in [-0.15, -0.1) is 0 Å². The highest BCUT2D eigenvalue weighted by Gasteiger charge is 2.22. The standard InChI is InChI=1S/C20H21N7O/c1-25-9-4-10-26(12-11-25)17-7-6-15-19(23-17)18-14(13-22-15)20(28)27(24-18)16-5-2-3-8-21-16/h2-3,5-8,13,22H,4,9-12H2,1H3. The van der Waals surface area contributed by atoms with Crippen LogP contribution >= 0.6 is 0 Å². The van der Waals surface area contributed by atoms with Crippen LogP contribution in [-0.2, 0) is 0 Å². The second-order valence-electron chi connectivity index (χ2n) is 7.17. The van der Waals surface area contributed by atoms with Gasteiger partial charge in [0.2, 0.25) is 0 Å². The lowest BCUT2D eigenvalue weighted by molar-refractivity contribution is 0.360. The minimum Gasteiger partial charge on any atom is -0.359 e. The van der Waals surface area contributed by atoms with Gasteiger partial charge in [0.15, 0.2) is 5.82 Å². The first kappa shape index (κ1) is 16.9. The molecule has 2 aromatic heterocycles. The van der Waals surface area contributed by atoms with Gasteiger partial charge >= 0.3 is 0 Å². The van der Waals surface area contributed by atoms with Crippen molar-refractivity contribution in [2.24, 2.45) is 0 Å². The van der Waals surface area contributed by atoms with Gasteiger partial charge in [0.1, 0.15) is 17.0 Å². The highest BCUT2D eigenvalue weighted by Crippen LogP contribution is 2.27. The maximum Gasteiger partial charge on any atom is 0.283 e. The Kier molecular flexibility index (Phi) is 4.05. The summed E-state index contributed by atoms with van der Waals surface area (Å²) in [5.41, 5.74) is 2.47. The summed E-state index contributed by atoms with van der Waals surface area (Å²) in [6.45, 7) is 4.01. The first-order valence-electron chi connectivity index (χ1n) is 9.47. The van der Waals surface area contributed by atoms with E-state index in [-0.39, 0.29) is 5.56 Å². The number of rotatable bonds is 2. The zero-order chi connectivity index (χ0) is 19.1. The largest absolute Gasteiger partial charge is 0.359 e. The van der Waals surface area contributed by atoms with E-state index in [0.29, 0.717) is 22.6 Å². The van der Waals surface area contributed by atoms with E-state index in [1.807, 2.05) is 24.3 Å². The number of pyridine rings is 3. The van der Waals surface area contributed by atoms with Gasteiger partial charge in [-0.3, -0.25) is 4.79 Å². The van der Waals surface area contributed by atoms with E-state index in [4.69, 9.17) is 4.98 Å². The molecule has 3 aliphatic rings. The molecular formula is C20H21N7O. The molecule has 1 saturated heterocycles. The zero-order valence-electron chi connectivity index (χ0n) is 15.7. The maximum absolute atomic E-state index is 12.8. The third-order valence-corrected chi connectivity index (χ3v) is 5.26. The second kappa shape index (κ2) is 6.72. The molecule has 8 heteroatoms. The van der Waals surface area contributed by atoms with Crippen molar-refractivity contribution in [3.05, 3.63) is 53.1 Å². The number of hydrogen-bond donors (Lipinski definition) is 1. The molecule has 0 saturated carbocycles. The molecule has 0 amide bonds. The first-order valence-corrected chi connectivity index (χ1v) is 9.47. The summed E-state index contributed by atoms with van der Waals surface area (Å²) >= 11 is 0. The van der Waals surface area contributed by atoms with Crippen LogP contribution in [0, 0.1) is 0 Å². The summed E-state index contributed by atoms with van der Waals surface area (Å²) in [7, 11) is 2.15. The van der Waals surface area contributed by atoms with E-state index < -0.39 is 0 Å². The van der Waals surface area contributed by atoms with Gasteiger partial charge in [-0.25, -0.2) is 9.97 Å². The summed E-state index contributed by atoms with van der Waals surface area (Å²) in [5, 5.41) is 4.56. The van der Waals surface area contributed by atoms with Gasteiger partial charge in [0, 0.05) is 32.0 Å². The van der Waals surface area contributed by atoms with E-state index in [0.717, 1.165) is 43.9 Å². The summed E-state index contributed by atoms with van der Waals surface area (Å²) in [6, 6.07) is 9.46. The van der Waals surface area contributed by atoms with Crippen molar-refractivity contribution in [3.63, 3.8) is 0 Å². The molecule has 28 heavy (non-hydrogen) atoms. The fourth-order valence-electron chi connectivity index (χ4n) is 3.70. The van der Waals surface area contributed by atoms with Crippen LogP contribution in [0.3, 0.4) is 0 Å². The molecule has 3 aliphatic heterocycles. The second-order valence-corrected chi connectivity index (χ2v) is 7.17. The van der Waals surface area contributed by atoms with Crippen molar-refractivity contribution in [1.82, 2.24) is 29.6 Å². The molecule has 0 unspecified atom stereocenters. The molecule has 1 fully saturated rings. The Bertz CT molecular complexity index is 1150. The summed E-state index contributed by atoms with van der Waals surface area (Å²) in [6.07, 6.45) is 4.46. The van der Waals surface area contributed by atoms with E-state index >= 15 is 0 Å². The van der Waals surface area contributed by atoms with Crippen LogP contribution in [0.25, 0.3) is 28.1 Å². The molecule has 142 valence electrons. The zero-order valence-corrected chi connectivity index (χ0v) is 15.7. The molecule has 0 atom stereocenters. The lowest BCUT2D eigenvalue weighted by Gasteiger charge is -2.22. The fourth-order valence-corrected chi connectivity index (χ4v) is 3.70.